The third-order valence-corrected chi connectivity index (χ3v) is 6.06. The summed E-state index contributed by atoms with van der Waals surface area (Å²) in [4.78, 5) is 38.3. The van der Waals surface area contributed by atoms with E-state index in [0.29, 0.717) is 13.0 Å². The van der Waals surface area contributed by atoms with Gasteiger partial charge >= 0.3 is 0 Å². The van der Waals surface area contributed by atoms with Crippen LogP contribution in [-0.4, -0.2) is 24.1 Å². The van der Waals surface area contributed by atoms with Gasteiger partial charge < -0.3 is 10.2 Å². The second-order valence-electron chi connectivity index (χ2n) is 8.21. The predicted octanol–water partition coefficient (Wildman–Crippen LogP) is 3.97. The molecule has 2 aromatic carbocycles. The molecule has 5 nitrogen and oxygen atoms in total. The van der Waals surface area contributed by atoms with Crippen molar-refractivity contribution in [3.05, 3.63) is 64.7 Å². The van der Waals surface area contributed by atoms with Crippen molar-refractivity contribution in [2.75, 3.05) is 11.4 Å². The van der Waals surface area contributed by atoms with Gasteiger partial charge in [-0.25, -0.2) is 0 Å². The highest BCUT2D eigenvalue weighted by Gasteiger charge is 2.21. The first-order valence-electron chi connectivity index (χ1n) is 10.9. The maximum absolute atomic E-state index is 12.5. The summed E-state index contributed by atoms with van der Waals surface area (Å²) in [6.07, 6.45) is 6.48. The second-order valence-corrected chi connectivity index (χ2v) is 8.21. The molecule has 1 saturated heterocycles. The molecule has 0 unspecified atom stereocenters. The van der Waals surface area contributed by atoms with Gasteiger partial charge in [0.05, 0.1) is 0 Å². The molecule has 0 saturated carbocycles. The van der Waals surface area contributed by atoms with E-state index in [-0.39, 0.29) is 30.4 Å². The largest absolute Gasteiger partial charge is 0.352 e. The smallest absolute Gasteiger partial charge is 0.227 e. The van der Waals surface area contributed by atoms with E-state index in [0.717, 1.165) is 42.6 Å². The monoisotopic (exact) mass is 404 g/mol. The van der Waals surface area contributed by atoms with Crippen LogP contribution in [0, 0.1) is 0 Å². The van der Waals surface area contributed by atoms with Crippen molar-refractivity contribution in [1.29, 1.82) is 0 Å². The Kier molecular flexibility index (Phi) is 6.26. The number of nitrogens with zero attached hydrogens (tertiary/aromatic N) is 1. The number of aryl methyl sites for hydroxylation is 2. The van der Waals surface area contributed by atoms with Crippen LogP contribution in [0.4, 0.5) is 5.69 Å². The van der Waals surface area contributed by atoms with Crippen LogP contribution in [0.1, 0.15) is 65.6 Å². The summed E-state index contributed by atoms with van der Waals surface area (Å²) < 4.78 is 0. The number of amides is 2. The van der Waals surface area contributed by atoms with Crippen molar-refractivity contribution in [3.63, 3.8) is 0 Å². The Balaban J connectivity index is 1.24. The maximum atomic E-state index is 12.5. The van der Waals surface area contributed by atoms with E-state index >= 15 is 0 Å². The SMILES string of the molecule is O=C(CCC(=O)c1ccc2c(c1)CCCC2)NCc1ccc(N2CCCC2=O)cc1. The van der Waals surface area contributed by atoms with Crippen LogP contribution >= 0.6 is 0 Å². The summed E-state index contributed by atoms with van der Waals surface area (Å²) in [6.45, 7) is 1.19. The molecule has 1 heterocycles. The molecule has 1 aliphatic carbocycles. The zero-order valence-electron chi connectivity index (χ0n) is 17.3. The first kappa shape index (κ1) is 20.3. The summed E-state index contributed by atoms with van der Waals surface area (Å²) in [7, 11) is 0. The summed E-state index contributed by atoms with van der Waals surface area (Å²) in [5.41, 5.74) is 5.24. The van der Waals surface area contributed by atoms with Gasteiger partial charge in [0.1, 0.15) is 0 Å². The first-order chi connectivity index (χ1) is 14.6. The zero-order chi connectivity index (χ0) is 20.9. The molecule has 2 amide bonds. The molecule has 156 valence electrons. The fourth-order valence-electron chi connectivity index (χ4n) is 4.28. The average Bonchev–Trinajstić information content (AvgIpc) is 3.21. The van der Waals surface area contributed by atoms with Gasteiger partial charge in [-0.2, -0.15) is 0 Å². The molecule has 2 aromatic rings. The Morgan fingerprint density at radius 1 is 0.867 bits per heavy atom. The highest BCUT2D eigenvalue weighted by atomic mass is 16.2. The van der Waals surface area contributed by atoms with E-state index < -0.39 is 0 Å². The van der Waals surface area contributed by atoms with E-state index in [2.05, 4.69) is 11.4 Å². The molecule has 30 heavy (non-hydrogen) atoms. The van der Waals surface area contributed by atoms with Gasteiger partial charge in [0.15, 0.2) is 5.78 Å². The Morgan fingerprint density at radius 3 is 2.37 bits per heavy atom. The number of rotatable bonds is 7. The van der Waals surface area contributed by atoms with E-state index in [9.17, 15) is 14.4 Å². The minimum absolute atomic E-state index is 0.0261. The van der Waals surface area contributed by atoms with Gasteiger partial charge in [0.2, 0.25) is 11.8 Å². The number of hydrogen-bond acceptors (Lipinski definition) is 3. The molecule has 0 atom stereocenters. The number of anilines is 1. The van der Waals surface area contributed by atoms with Crippen LogP contribution in [0.5, 0.6) is 0 Å². The third kappa shape index (κ3) is 4.78. The van der Waals surface area contributed by atoms with Gasteiger partial charge in [-0.3, -0.25) is 14.4 Å². The summed E-state index contributed by atoms with van der Waals surface area (Å²) in [5, 5.41) is 2.88. The fraction of sp³-hybridized carbons (Fsp3) is 0.400. The molecule has 0 aromatic heterocycles. The lowest BCUT2D eigenvalue weighted by atomic mass is 9.89. The van der Waals surface area contributed by atoms with E-state index in [1.807, 2.05) is 36.4 Å². The van der Waals surface area contributed by atoms with Crippen LogP contribution in [-0.2, 0) is 29.0 Å². The number of nitrogens with one attached hydrogen (secondary N) is 1. The van der Waals surface area contributed by atoms with Gasteiger partial charge in [-0.1, -0.05) is 24.3 Å². The highest BCUT2D eigenvalue weighted by molar-refractivity contribution is 5.98. The lowest BCUT2D eigenvalue weighted by Gasteiger charge is -2.16. The van der Waals surface area contributed by atoms with E-state index in [1.54, 1.807) is 4.90 Å². The molecule has 2 aliphatic rings. The van der Waals surface area contributed by atoms with Crippen molar-refractivity contribution in [2.24, 2.45) is 0 Å². The van der Waals surface area contributed by atoms with Gasteiger partial charge in [0.25, 0.3) is 0 Å². The molecule has 0 spiro atoms. The van der Waals surface area contributed by atoms with Crippen LogP contribution in [0.2, 0.25) is 0 Å². The standard InChI is InChI=1S/C25H28N2O3/c28-23(21-10-9-19-4-1-2-5-20(19)16-21)13-14-24(29)26-17-18-7-11-22(12-8-18)27-15-3-6-25(27)30/h7-12,16H,1-6,13-15,17H2,(H,26,29). The van der Waals surface area contributed by atoms with Crippen LogP contribution in [0.25, 0.3) is 0 Å². The number of carbonyl (C=O) groups is 3. The summed E-state index contributed by atoms with van der Waals surface area (Å²) in [5.74, 6) is 0.0675. The molecule has 1 N–H and O–H groups in total. The van der Waals surface area contributed by atoms with Crippen LogP contribution in [0.3, 0.4) is 0 Å². The average molecular weight is 405 g/mol. The van der Waals surface area contributed by atoms with Crippen molar-refractivity contribution in [3.8, 4) is 0 Å². The van der Waals surface area contributed by atoms with E-state index in [4.69, 9.17) is 0 Å². The van der Waals surface area contributed by atoms with Crippen molar-refractivity contribution < 1.29 is 14.4 Å². The molecular formula is C25H28N2O3. The summed E-state index contributed by atoms with van der Waals surface area (Å²) in [6, 6.07) is 13.7. The number of fused-ring (bicyclic) bond motifs is 1. The first-order valence-corrected chi connectivity index (χ1v) is 10.9. The Morgan fingerprint density at radius 2 is 1.63 bits per heavy atom. The molecular weight excluding hydrogens is 376 g/mol. The second kappa shape index (κ2) is 9.24. The number of Topliss-reactive ketones (excluding diaryl/α,β-unsaturated/α-hetero) is 1. The van der Waals surface area contributed by atoms with Gasteiger partial charge in [0, 0.05) is 43.6 Å². The molecule has 1 aliphatic heterocycles. The third-order valence-electron chi connectivity index (χ3n) is 6.06. The van der Waals surface area contributed by atoms with Gasteiger partial charge in [-0.15, -0.1) is 0 Å². The zero-order valence-corrected chi connectivity index (χ0v) is 17.3. The molecule has 5 heteroatoms. The van der Waals surface area contributed by atoms with Crippen LogP contribution in [0.15, 0.2) is 42.5 Å². The lowest BCUT2D eigenvalue weighted by molar-refractivity contribution is -0.121. The topological polar surface area (TPSA) is 66.5 Å². The normalized spacial score (nSPS) is 15.7. The van der Waals surface area contributed by atoms with Crippen molar-refractivity contribution in [2.45, 2.75) is 57.9 Å². The fourth-order valence-corrected chi connectivity index (χ4v) is 4.28. The number of benzene rings is 2. The molecule has 1 fully saturated rings. The maximum Gasteiger partial charge on any atom is 0.227 e. The van der Waals surface area contributed by atoms with Crippen LogP contribution < -0.4 is 10.2 Å². The van der Waals surface area contributed by atoms with Gasteiger partial charge in [-0.05, 0) is 67.0 Å². The highest BCUT2D eigenvalue weighted by Crippen LogP contribution is 2.23. The minimum atomic E-state index is -0.125. The lowest BCUT2D eigenvalue weighted by Crippen LogP contribution is -2.24. The minimum Gasteiger partial charge on any atom is -0.352 e. The molecule has 4 rings (SSSR count). The van der Waals surface area contributed by atoms with Crippen molar-refractivity contribution in [1.82, 2.24) is 5.32 Å². The number of carbonyl (C=O) groups excluding carboxylic acids is 3. The Labute approximate surface area is 177 Å². The summed E-state index contributed by atoms with van der Waals surface area (Å²) >= 11 is 0. The molecule has 0 bridgehead atoms. The predicted molar refractivity (Wildman–Crippen MR) is 117 cm³/mol. The Bertz CT molecular complexity index is 949. The number of hydrogen-bond donors (Lipinski definition) is 1. The van der Waals surface area contributed by atoms with E-state index in [1.165, 1.54) is 24.0 Å². The number of ketones is 1. The van der Waals surface area contributed by atoms with Crippen molar-refractivity contribution >= 4 is 23.3 Å². The quantitative estimate of drug-likeness (QED) is 0.710. The Hall–Kier alpha value is -2.95. The molecule has 0 radical (unpaired) electrons.